The van der Waals surface area contributed by atoms with Crippen molar-refractivity contribution in [3.63, 3.8) is 0 Å². The van der Waals surface area contributed by atoms with Crippen molar-refractivity contribution in [2.75, 3.05) is 6.61 Å². The van der Waals surface area contributed by atoms with E-state index >= 15 is 0 Å². The molecule has 0 saturated carbocycles. The highest BCUT2D eigenvalue weighted by Gasteiger charge is 2.21. The highest BCUT2D eigenvalue weighted by Crippen LogP contribution is 2.14. The second-order valence-electron chi connectivity index (χ2n) is 3.35. The minimum Gasteiger partial charge on any atom is -0.487 e. The molecule has 1 heterocycles. The lowest BCUT2D eigenvalue weighted by Gasteiger charge is -2.03. The van der Waals surface area contributed by atoms with Crippen LogP contribution in [0.3, 0.4) is 0 Å². The molecule has 0 aliphatic carbocycles. The van der Waals surface area contributed by atoms with Gasteiger partial charge < -0.3 is 10.5 Å². The van der Waals surface area contributed by atoms with E-state index in [4.69, 9.17) is 10.5 Å². The second kappa shape index (κ2) is 4.17. The van der Waals surface area contributed by atoms with Crippen LogP contribution in [0.4, 0.5) is 4.39 Å². The fourth-order valence-electron chi connectivity index (χ4n) is 1.23. The number of hydrogen-bond donors (Lipinski definition) is 1. The number of nitrogens with two attached hydrogens (primary N) is 1. The SMILES string of the molecule is NC1=CC(COc2ccc(F)cc2)=NS1(=O)=O. The van der Waals surface area contributed by atoms with Gasteiger partial charge in [0.15, 0.2) is 5.03 Å². The largest absolute Gasteiger partial charge is 0.487 e. The summed E-state index contributed by atoms with van der Waals surface area (Å²) < 4.78 is 43.5. The van der Waals surface area contributed by atoms with Crippen LogP contribution in [0.25, 0.3) is 0 Å². The van der Waals surface area contributed by atoms with Crippen LogP contribution in [0.2, 0.25) is 0 Å². The van der Waals surface area contributed by atoms with E-state index in [1.807, 2.05) is 0 Å². The van der Waals surface area contributed by atoms with Gasteiger partial charge in [-0.1, -0.05) is 0 Å². The Balaban J connectivity index is 2.03. The highest BCUT2D eigenvalue weighted by atomic mass is 32.2. The van der Waals surface area contributed by atoms with Crippen LogP contribution in [0.15, 0.2) is 39.8 Å². The third-order valence-corrected chi connectivity index (χ3v) is 3.23. The first kappa shape index (κ1) is 11.6. The van der Waals surface area contributed by atoms with Gasteiger partial charge in [0, 0.05) is 6.08 Å². The predicted octanol–water partition coefficient (Wildman–Crippen LogP) is 0.789. The summed E-state index contributed by atoms with van der Waals surface area (Å²) in [5.74, 6) is 0.0487. The van der Waals surface area contributed by atoms with Gasteiger partial charge in [-0.25, -0.2) is 4.39 Å². The molecule has 0 radical (unpaired) electrons. The van der Waals surface area contributed by atoms with E-state index in [0.29, 0.717) is 5.75 Å². The van der Waals surface area contributed by atoms with Gasteiger partial charge in [-0.15, -0.1) is 0 Å². The van der Waals surface area contributed by atoms with E-state index < -0.39 is 10.0 Å². The Morgan fingerprint density at radius 3 is 2.47 bits per heavy atom. The summed E-state index contributed by atoms with van der Waals surface area (Å²) in [4.78, 5) is 0. The summed E-state index contributed by atoms with van der Waals surface area (Å²) in [5.41, 5.74) is 5.46. The van der Waals surface area contributed by atoms with Gasteiger partial charge in [0.05, 0.1) is 5.71 Å². The van der Waals surface area contributed by atoms with Gasteiger partial charge in [-0.2, -0.15) is 12.8 Å². The van der Waals surface area contributed by atoms with Crippen LogP contribution in [0, 0.1) is 5.82 Å². The molecular weight excluding hydrogens is 247 g/mol. The fourth-order valence-corrected chi connectivity index (χ4v) is 2.03. The first-order valence-corrected chi connectivity index (χ1v) is 6.11. The van der Waals surface area contributed by atoms with Crippen LogP contribution in [0.5, 0.6) is 5.75 Å². The van der Waals surface area contributed by atoms with Crippen molar-refractivity contribution in [2.45, 2.75) is 0 Å². The molecule has 5 nitrogen and oxygen atoms in total. The highest BCUT2D eigenvalue weighted by molar-refractivity contribution is 7.94. The Bertz CT molecular complexity index is 590. The first-order chi connectivity index (χ1) is 7.97. The molecule has 0 spiro atoms. The molecular formula is C10H9FN2O3S. The zero-order valence-corrected chi connectivity index (χ0v) is 9.45. The Kier molecular flexibility index (Phi) is 2.84. The molecule has 0 aromatic heterocycles. The fraction of sp³-hybridized carbons (Fsp3) is 0.100. The molecule has 1 aromatic carbocycles. The summed E-state index contributed by atoms with van der Waals surface area (Å²) in [6.45, 7) is -0.0361. The molecule has 7 heteroatoms. The quantitative estimate of drug-likeness (QED) is 0.866. The molecule has 0 bridgehead atoms. The predicted molar refractivity (Wildman–Crippen MR) is 60.5 cm³/mol. The van der Waals surface area contributed by atoms with Crippen LogP contribution < -0.4 is 10.5 Å². The van der Waals surface area contributed by atoms with Gasteiger partial charge >= 0.3 is 0 Å². The lowest BCUT2D eigenvalue weighted by Crippen LogP contribution is -2.07. The zero-order valence-electron chi connectivity index (χ0n) is 8.63. The number of halogens is 1. The van der Waals surface area contributed by atoms with Gasteiger partial charge in [0.25, 0.3) is 10.0 Å². The van der Waals surface area contributed by atoms with E-state index in [0.717, 1.165) is 0 Å². The third-order valence-electron chi connectivity index (χ3n) is 2.04. The molecule has 1 aromatic rings. The molecule has 0 amide bonds. The number of rotatable bonds is 3. The Morgan fingerprint density at radius 2 is 1.94 bits per heavy atom. The van der Waals surface area contributed by atoms with Crippen LogP contribution in [-0.4, -0.2) is 20.7 Å². The lowest BCUT2D eigenvalue weighted by atomic mass is 10.3. The molecule has 2 N–H and O–H groups in total. The van der Waals surface area contributed by atoms with Gasteiger partial charge in [-0.05, 0) is 24.3 Å². The number of sulfonamides is 1. The third kappa shape index (κ3) is 2.62. The number of hydrogen-bond acceptors (Lipinski definition) is 4. The maximum Gasteiger partial charge on any atom is 0.297 e. The summed E-state index contributed by atoms with van der Waals surface area (Å²) in [6.07, 6.45) is 1.23. The molecule has 0 fully saturated rings. The topological polar surface area (TPSA) is 81.8 Å². The number of nitrogens with zero attached hydrogens (tertiary/aromatic N) is 1. The molecule has 90 valence electrons. The van der Waals surface area contributed by atoms with Crippen molar-refractivity contribution in [3.05, 3.63) is 41.2 Å². The summed E-state index contributed by atoms with van der Waals surface area (Å²) >= 11 is 0. The van der Waals surface area contributed by atoms with Crippen molar-refractivity contribution >= 4 is 15.7 Å². The minimum absolute atomic E-state index is 0.0361. The van der Waals surface area contributed by atoms with Crippen LogP contribution >= 0.6 is 0 Å². The standard InChI is InChI=1S/C10H9FN2O3S/c11-7-1-3-9(4-2-7)16-6-8-5-10(12)17(14,15)13-8/h1-5H,6,12H2. The maximum absolute atomic E-state index is 12.6. The Hall–Kier alpha value is -1.89. The van der Waals surface area contributed by atoms with Crippen molar-refractivity contribution in [3.8, 4) is 5.75 Å². The van der Waals surface area contributed by atoms with Crippen molar-refractivity contribution in [1.29, 1.82) is 0 Å². The minimum atomic E-state index is -3.70. The molecule has 0 atom stereocenters. The van der Waals surface area contributed by atoms with Gasteiger partial charge in [-0.3, -0.25) is 0 Å². The van der Waals surface area contributed by atoms with E-state index in [1.54, 1.807) is 0 Å². The molecule has 0 unspecified atom stereocenters. The molecule has 1 aliphatic heterocycles. The monoisotopic (exact) mass is 256 g/mol. The zero-order chi connectivity index (χ0) is 12.5. The molecule has 1 aliphatic rings. The van der Waals surface area contributed by atoms with Crippen molar-refractivity contribution in [2.24, 2.45) is 10.1 Å². The average molecular weight is 256 g/mol. The summed E-state index contributed by atoms with van der Waals surface area (Å²) in [7, 11) is -3.70. The van der Waals surface area contributed by atoms with Crippen molar-refractivity contribution in [1.82, 2.24) is 0 Å². The normalized spacial score (nSPS) is 17.5. The molecule has 0 saturated heterocycles. The number of ether oxygens (including phenoxy) is 1. The van der Waals surface area contributed by atoms with Crippen LogP contribution in [0.1, 0.15) is 0 Å². The Labute approximate surface area is 97.5 Å². The first-order valence-electron chi connectivity index (χ1n) is 4.67. The molecule has 17 heavy (non-hydrogen) atoms. The van der Waals surface area contributed by atoms with Gasteiger partial charge in [0.1, 0.15) is 18.2 Å². The second-order valence-corrected chi connectivity index (χ2v) is 4.95. The lowest BCUT2D eigenvalue weighted by molar-refractivity contribution is 0.377. The van der Waals surface area contributed by atoms with E-state index in [9.17, 15) is 12.8 Å². The summed E-state index contributed by atoms with van der Waals surface area (Å²) in [5, 5.41) is -0.296. The molecule has 2 rings (SSSR count). The van der Waals surface area contributed by atoms with E-state index in [1.165, 1.54) is 30.3 Å². The smallest absolute Gasteiger partial charge is 0.297 e. The van der Waals surface area contributed by atoms with Gasteiger partial charge in [0.2, 0.25) is 0 Å². The average Bonchev–Trinajstić information content (AvgIpc) is 2.52. The van der Waals surface area contributed by atoms with E-state index in [-0.39, 0.29) is 23.2 Å². The number of benzene rings is 1. The van der Waals surface area contributed by atoms with Crippen molar-refractivity contribution < 1.29 is 17.5 Å². The Morgan fingerprint density at radius 1 is 1.29 bits per heavy atom. The van der Waals surface area contributed by atoms with Crippen LogP contribution in [-0.2, 0) is 10.0 Å². The summed E-state index contributed by atoms with van der Waals surface area (Å²) in [6, 6.07) is 5.36. The maximum atomic E-state index is 12.6. The van der Waals surface area contributed by atoms with E-state index in [2.05, 4.69) is 4.40 Å².